The van der Waals surface area contributed by atoms with Gasteiger partial charge in [-0.25, -0.2) is 9.18 Å². The number of ether oxygens (including phenoxy) is 2. The van der Waals surface area contributed by atoms with Crippen LogP contribution in [0.25, 0.3) is 0 Å². The molecule has 0 spiro atoms. The molecule has 0 aliphatic heterocycles. The van der Waals surface area contributed by atoms with Gasteiger partial charge in [0.15, 0.2) is 0 Å². The molecule has 0 aliphatic rings. The molecule has 3 nitrogen and oxygen atoms in total. The molecule has 0 aromatic heterocycles. The summed E-state index contributed by atoms with van der Waals surface area (Å²) >= 11 is 0. The maximum absolute atomic E-state index is 12.8. The van der Waals surface area contributed by atoms with Crippen molar-refractivity contribution in [1.29, 1.82) is 0 Å². The van der Waals surface area contributed by atoms with Crippen LogP contribution < -0.4 is 4.74 Å². The van der Waals surface area contributed by atoms with Gasteiger partial charge < -0.3 is 9.47 Å². The van der Waals surface area contributed by atoms with Crippen LogP contribution in [0.2, 0.25) is 0 Å². The minimum atomic E-state index is -4.94. The minimum absolute atomic E-state index is 0.359. The Balaban J connectivity index is 3.03. The van der Waals surface area contributed by atoms with Crippen molar-refractivity contribution in [2.45, 2.75) is 6.36 Å². The number of hydrogen-bond donors (Lipinski definition) is 0. The van der Waals surface area contributed by atoms with Gasteiger partial charge in [0, 0.05) is 6.07 Å². The number of halogens is 4. The normalized spacial score (nSPS) is 11.1. The summed E-state index contributed by atoms with van der Waals surface area (Å²) in [6, 6.07) is 2.00. The van der Waals surface area contributed by atoms with Crippen LogP contribution >= 0.6 is 0 Å². The Labute approximate surface area is 87.6 Å². The van der Waals surface area contributed by atoms with Crippen molar-refractivity contribution in [2.75, 3.05) is 7.11 Å². The van der Waals surface area contributed by atoms with Crippen molar-refractivity contribution in [3.05, 3.63) is 29.6 Å². The molecule has 0 unspecified atom stereocenters. The molecule has 0 heterocycles. The molecule has 88 valence electrons. The Morgan fingerprint density at radius 2 is 1.88 bits per heavy atom. The lowest BCUT2D eigenvalue weighted by Gasteiger charge is -2.09. The van der Waals surface area contributed by atoms with E-state index in [1.165, 1.54) is 0 Å². The second-order valence-electron chi connectivity index (χ2n) is 2.71. The molecule has 0 fully saturated rings. The van der Waals surface area contributed by atoms with Gasteiger partial charge >= 0.3 is 12.3 Å². The van der Waals surface area contributed by atoms with E-state index in [4.69, 9.17) is 0 Å². The Hall–Kier alpha value is -1.79. The summed E-state index contributed by atoms with van der Waals surface area (Å²) in [5, 5.41) is 0. The highest BCUT2D eigenvalue weighted by Crippen LogP contribution is 2.24. The summed E-state index contributed by atoms with van der Waals surface area (Å²) in [6.45, 7) is 0. The molecule has 0 radical (unpaired) electrons. The van der Waals surface area contributed by atoms with E-state index < -0.39 is 23.9 Å². The first kappa shape index (κ1) is 12.3. The van der Waals surface area contributed by atoms with Gasteiger partial charge in [-0.1, -0.05) is 0 Å². The number of methoxy groups -OCH3 is 1. The first-order valence-corrected chi connectivity index (χ1v) is 3.96. The fourth-order valence-electron chi connectivity index (χ4n) is 0.991. The van der Waals surface area contributed by atoms with Gasteiger partial charge in [0.2, 0.25) is 0 Å². The maximum Gasteiger partial charge on any atom is 0.573 e. The number of benzene rings is 1. The molecule has 1 aromatic carbocycles. The summed E-state index contributed by atoms with van der Waals surface area (Å²) in [6.07, 6.45) is -4.94. The number of carbonyl (C=O) groups is 1. The van der Waals surface area contributed by atoms with E-state index in [0.29, 0.717) is 6.07 Å². The zero-order chi connectivity index (χ0) is 12.3. The van der Waals surface area contributed by atoms with Gasteiger partial charge in [0.25, 0.3) is 0 Å². The molecule has 0 saturated carbocycles. The highest BCUT2D eigenvalue weighted by molar-refractivity contribution is 5.89. The van der Waals surface area contributed by atoms with Crippen LogP contribution in [-0.4, -0.2) is 19.4 Å². The van der Waals surface area contributed by atoms with Crippen molar-refractivity contribution in [2.24, 2.45) is 0 Å². The number of esters is 1. The van der Waals surface area contributed by atoms with Gasteiger partial charge in [0.05, 0.1) is 12.7 Å². The molecule has 0 amide bonds. The third-order valence-electron chi connectivity index (χ3n) is 1.53. The molecule has 0 aliphatic carbocycles. The van der Waals surface area contributed by atoms with Crippen molar-refractivity contribution in [3.8, 4) is 5.75 Å². The Morgan fingerprint density at radius 1 is 1.25 bits per heavy atom. The molecule has 0 bridgehead atoms. The molecule has 1 rings (SSSR count). The standard InChI is InChI=1S/C9H6F4O3/c1-15-8(14)5-2-6(10)4-7(3-5)16-9(11,12)13/h2-4H,1H3. The van der Waals surface area contributed by atoms with Crippen LogP contribution in [0.4, 0.5) is 17.6 Å². The fourth-order valence-corrected chi connectivity index (χ4v) is 0.991. The largest absolute Gasteiger partial charge is 0.573 e. The second-order valence-corrected chi connectivity index (χ2v) is 2.71. The van der Waals surface area contributed by atoms with Gasteiger partial charge in [-0.05, 0) is 12.1 Å². The minimum Gasteiger partial charge on any atom is -0.465 e. The predicted molar refractivity (Wildman–Crippen MR) is 44.4 cm³/mol. The van der Waals surface area contributed by atoms with E-state index in [1.807, 2.05) is 0 Å². The quantitative estimate of drug-likeness (QED) is 0.586. The van der Waals surface area contributed by atoms with E-state index in [1.54, 1.807) is 0 Å². The lowest BCUT2D eigenvalue weighted by atomic mass is 10.2. The SMILES string of the molecule is COC(=O)c1cc(F)cc(OC(F)(F)F)c1. The average Bonchev–Trinajstić information content (AvgIpc) is 2.12. The lowest BCUT2D eigenvalue weighted by molar-refractivity contribution is -0.274. The van der Waals surface area contributed by atoms with Crippen LogP contribution in [0.3, 0.4) is 0 Å². The van der Waals surface area contributed by atoms with Crippen molar-refractivity contribution >= 4 is 5.97 Å². The maximum atomic E-state index is 12.8. The van der Waals surface area contributed by atoms with Crippen LogP contribution in [0.1, 0.15) is 10.4 Å². The first-order valence-electron chi connectivity index (χ1n) is 3.96. The zero-order valence-corrected chi connectivity index (χ0v) is 7.97. The van der Waals surface area contributed by atoms with E-state index in [9.17, 15) is 22.4 Å². The number of carbonyl (C=O) groups excluding carboxylic acids is 1. The van der Waals surface area contributed by atoms with Gasteiger partial charge in [-0.15, -0.1) is 13.2 Å². The summed E-state index contributed by atoms with van der Waals surface area (Å²) in [7, 11) is 1.03. The fraction of sp³-hybridized carbons (Fsp3) is 0.222. The highest BCUT2D eigenvalue weighted by atomic mass is 19.4. The lowest BCUT2D eigenvalue weighted by Crippen LogP contribution is -2.17. The summed E-state index contributed by atoms with van der Waals surface area (Å²) in [5.74, 6) is -2.79. The highest BCUT2D eigenvalue weighted by Gasteiger charge is 2.31. The molecule has 0 N–H and O–H groups in total. The number of hydrogen-bond acceptors (Lipinski definition) is 3. The Bertz CT molecular complexity index is 400. The van der Waals surface area contributed by atoms with E-state index in [-0.39, 0.29) is 5.56 Å². The zero-order valence-electron chi connectivity index (χ0n) is 7.97. The van der Waals surface area contributed by atoms with E-state index in [2.05, 4.69) is 9.47 Å². The van der Waals surface area contributed by atoms with Gasteiger partial charge in [-0.3, -0.25) is 0 Å². The molecule has 16 heavy (non-hydrogen) atoms. The third kappa shape index (κ3) is 3.41. The number of alkyl halides is 3. The monoisotopic (exact) mass is 238 g/mol. The van der Waals surface area contributed by atoms with Crippen LogP contribution in [0, 0.1) is 5.82 Å². The smallest absolute Gasteiger partial charge is 0.465 e. The average molecular weight is 238 g/mol. The summed E-state index contributed by atoms with van der Waals surface area (Å²) in [5.41, 5.74) is -0.359. The molecule has 0 saturated heterocycles. The molecule has 1 aromatic rings. The van der Waals surface area contributed by atoms with Crippen molar-refractivity contribution < 1.29 is 31.8 Å². The van der Waals surface area contributed by atoms with Crippen LogP contribution in [0.5, 0.6) is 5.75 Å². The second kappa shape index (κ2) is 4.38. The summed E-state index contributed by atoms with van der Waals surface area (Å²) in [4.78, 5) is 11.0. The molecular formula is C9H6F4O3. The van der Waals surface area contributed by atoms with E-state index in [0.717, 1.165) is 19.2 Å². The topological polar surface area (TPSA) is 35.5 Å². The third-order valence-corrected chi connectivity index (χ3v) is 1.53. The van der Waals surface area contributed by atoms with E-state index >= 15 is 0 Å². The Morgan fingerprint density at radius 3 is 2.38 bits per heavy atom. The number of rotatable bonds is 2. The van der Waals surface area contributed by atoms with Crippen molar-refractivity contribution in [1.82, 2.24) is 0 Å². The summed E-state index contributed by atoms with van der Waals surface area (Å²) < 4.78 is 56.0. The Kier molecular flexibility index (Phi) is 3.36. The van der Waals surface area contributed by atoms with Gasteiger partial charge in [0.1, 0.15) is 11.6 Å². The first-order chi connectivity index (χ1) is 7.31. The van der Waals surface area contributed by atoms with Gasteiger partial charge in [-0.2, -0.15) is 0 Å². The predicted octanol–water partition coefficient (Wildman–Crippen LogP) is 2.51. The molecule has 7 heteroatoms. The molecular weight excluding hydrogens is 232 g/mol. The van der Waals surface area contributed by atoms with Crippen LogP contribution in [-0.2, 0) is 4.74 Å². The van der Waals surface area contributed by atoms with Crippen molar-refractivity contribution in [3.63, 3.8) is 0 Å². The van der Waals surface area contributed by atoms with Crippen LogP contribution in [0.15, 0.2) is 18.2 Å². The molecule has 0 atom stereocenters.